The third-order valence-electron chi connectivity index (χ3n) is 4.25. The number of hydrogen-bond acceptors (Lipinski definition) is 3. The van der Waals surface area contributed by atoms with Crippen LogP contribution in [-0.2, 0) is 14.3 Å². The number of nitrogens with zero attached hydrogens (tertiary/aromatic N) is 2. The van der Waals surface area contributed by atoms with Crippen LogP contribution >= 0.6 is 0 Å². The second kappa shape index (κ2) is 7.62. The lowest BCUT2D eigenvalue weighted by Crippen LogP contribution is -2.37. The maximum atomic E-state index is 12.1. The Morgan fingerprint density at radius 3 is 3.00 bits per heavy atom. The number of hydrogen-bond donors (Lipinski definition) is 0. The smallest absolute Gasteiger partial charge is 0.224 e. The first kappa shape index (κ1) is 15.3. The molecule has 2 fully saturated rings. The zero-order valence-electron chi connectivity index (χ0n) is 12.5. The lowest BCUT2D eigenvalue weighted by atomic mass is 10.1. The molecule has 0 N–H and O–H groups in total. The van der Waals surface area contributed by atoms with Crippen molar-refractivity contribution in [2.75, 3.05) is 39.9 Å². The summed E-state index contributed by atoms with van der Waals surface area (Å²) in [7, 11) is 1.85. The van der Waals surface area contributed by atoms with Gasteiger partial charge in [0.25, 0.3) is 0 Å². The van der Waals surface area contributed by atoms with Gasteiger partial charge in [-0.15, -0.1) is 0 Å². The molecule has 2 rings (SSSR count). The first-order chi connectivity index (χ1) is 9.66. The standard InChI is InChI=1S/C15H26N2O3/c1-16(11-13-7-10-20-12-13)14(18)6-9-17-8-4-2-3-5-15(17)19/h13H,2-12H2,1H3. The molecular formula is C15H26N2O3. The van der Waals surface area contributed by atoms with E-state index < -0.39 is 0 Å². The zero-order chi connectivity index (χ0) is 14.4. The number of likely N-dealkylation sites (tertiary alicyclic amines) is 1. The second-order valence-corrected chi connectivity index (χ2v) is 5.95. The van der Waals surface area contributed by atoms with Crippen molar-refractivity contribution in [2.45, 2.75) is 38.5 Å². The normalized spacial score (nSPS) is 23.8. The molecule has 0 aromatic heterocycles. The van der Waals surface area contributed by atoms with Crippen molar-refractivity contribution in [3.63, 3.8) is 0 Å². The van der Waals surface area contributed by atoms with Crippen LogP contribution in [0.1, 0.15) is 38.5 Å². The van der Waals surface area contributed by atoms with Crippen LogP contribution in [0.15, 0.2) is 0 Å². The Morgan fingerprint density at radius 1 is 1.40 bits per heavy atom. The van der Waals surface area contributed by atoms with Gasteiger partial charge in [0.15, 0.2) is 0 Å². The predicted octanol–water partition coefficient (Wildman–Crippen LogP) is 1.27. The van der Waals surface area contributed by atoms with Crippen LogP contribution < -0.4 is 0 Å². The molecule has 0 aromatic rings. The van der Waals surface area contributed by atoms with E-state index in [0.29, 0.717) is 25.3 Å². The van der Waals surface area contributed by atoms with Crippen molar-refractivity contribution in [2.24, 2.45) is 5.92 Å². The highest BCUT2D eigenvalue weighted by Crippen LogP contribution is 2.14. The molecule has 5 heteroatoms. The topological polar surface area (TPSA) is 49.9 Å². The van der Waals surface area contributed by atoms with Crippen LogP contribution in [0.3, 0.4) is 0 Å². The quantitative estimate of drug-likeness (QED) is 0.763. The molecule has 2 aliphatic heterocycles. The fourth-order valence-corrected chi connectivity index (χ4v) is 2.91. The Morgan fingerprint density at radius 2 is 2.25 bits per heavy atom. The second-order valence-electron chi connectivity index (χ2n) is 5.95. The average Bonchev–Trinajstić information content (AvgIpc) is 2.85. The van der Waals surface area contributed by atoms with Gasteiger partial charge in [0, 0.05) is 52.0 Å². The minimum absolute atomic E-state index is 0.133. The van der Waals surface area contributed by atoms with Crippen molar-refractivity contribution >= 4 is 11.8 Å². The van der Waals surface area contributed by atoms with E-state index in [4.69, 9.17) is 4.74 Å². The minimum Gasteiger partial charge on any atom is -0.381 e. The van der Waals surface area contributed by atoms with Crippen molar-refractivity contribution in [3.8, 4) is 0 Å². The van der Waals surface area contributed by atoms with Gasteiger partial charge in [-0.05, 0) is 19.3 Å². The van der Waals surface area contributed by atoms with Crippen molar-refractivity contribution in [3.05, 3.63) is 0 Å². The Kier molecular flexibility index (Phi) is 5.83. The highest BCUT2D eigenvalue weighted by molar-refractivity contribution is 5.79. The molecule has 0 radical (unpaired) electrons. The van der Waals surface area contributed by atoms with Crippen molar-refractivity contribution in [1.29, 1.82) is 0 Å². The molecule has 0 spiro atoms. The largest absolute Gasteiger partial charge is 0.381 e. The van der Waals surface area contributed by atoms with E-state index >= 15 is 0 Å². The SMILES string of the molecule is CN(CC1CCOC1)C(=O)CCN1CCCCCC1=O. The van der Waals surface area contributed by atoms with Crippen molar-refractivity contribution in [1.82, 2.24) is 9.80 Å². The molecule has 0 aliphatic carbocycles. The summed E-state index contributed by atoms with van der Waals surface area (Å²) in [4.78, 5) is 27.6. The molecule has 0 aromatic carbocycles. The third kappa shape index (κ3) is 4.47. The van der Waals surface area contributed by atoms with Crippen LogP contribution in [0, 0.1) is 5.92 Å². The maximum Gasteiger partial charge on any atom is 0.224 e. The number of rotatable bonds is 5. The summed E-state index contributed by atoms with van der Waals surface area (Å²) in [5.74, 6) is 0.819. The van der Waals surface area contributed by atoms with E-state index in [9.17, 15) is 9.59 Å². The average molecular weight is 282 g/mol. The summed E-state index contributed by atoms with van der Waals surface area (Å²) < 4.78 is 5.33. The van der Waals surface area contributed by atoms with E-state index in [1.165, 1.54) is 0 Å². The molecule has 2 aliphatic rings. The lowest BCUT2D eigenvalue weighted by Gasteiger charge is -2.24. The summed E-state index contributed by atoms with van der Waals surface area (Å²) in [6.45, 7) is 3.74. The first-order valence-corrected chi connectivity index (χ1v) is 7.76. The van der Waals surface area contributed by atoms with Gasteiger partial charge in [-0.1, -0.05) is 6.42 Å². The highest BCUT2D eigenvalue weighted by atomic mass is 16.5. The molecule has 1 atom stereocenters. The summed E-state index contributed by atoms with van der Waals surface area (Å²) >= 11 is 0. The van der Waals surface area contributed by atoms with Gasteiger partial charge in [-0.3, -0.25) is 9.59 Å². The van der Waals surface area contributed by atoms with Gasteiger partial charge in [-0.2, -0.15) is 0 Å². The van der Waals surface area contributed by atoms with E-state index in [0.717, 1.165) is 52.0 Å². The predicted molar refractivity (Wildman–Crippen MR) is 76.2 cm³/mol. The summed E-state index contributed by atoms with van der Waals surface area (Å²) in [5, 5.41) is 0. The Bertz CT molecular complexity index is 340. The van der Waals surface area contributed by atoms with Gasteiger partial charge in [0.1, 0.15) is 0 Å². The number of amides is 2. The van der Waals surface area contributed by atoms with Crippen LogP contribution in [0.5, 0.6) is 0 Å². The molecule has 20 heavy (non-hydrogen) atoms. The fraction of sp³-hybridized carbons (Fsp3) is 0.867. The molecule has 114 valence electrons. The Labute approximate surface area is 121 Å². The van der Waals surface area contributed by atoms with E-state index in [2.05, 4.69) is 0 Å². The highest BCUT2D eigenvalue weighted by Gasteiger charge is 2.21. The van der Waals surface area contributed by atoms with Gasteiger partial charge in [0.2, 0.25) is 11.8 Å². The molecule has 5 nitrogen and oxygen atoms in total. The summed E-state index contributed by atoms with van der Waals surface area (Å²) in [6.07, 6.45) is 5.30. The van der Waals surface area contributed by atoms with Gasteiger partial charge < -0.3 is 14.5 Å². The molecule has 2 heterocycles. The molecule has 2 saturated heterocycles. The van der Waals surface area contributed by atoms with E-state index in [1.807, 2.05) is 11.9 Å². The molecular weight excluding hydrogens is 256 g/mol. The van der Waals surface area contributed by atoms with Crippen LogP contribution in [-0.4, -0.2) is 61.5 Å². The molecule has 2 amide bonds. The minimum atomic E-state index is 0.133. The number of ether oxygens (including phenoxy) is 1. The zero-order valence-corrected chi connectivity index (χ0v) is 12.5. The lowest BCUT2D eigenvalue weighted by molar-refractivity contribution is -0.133. The summed E-state index contributed by atoms with van der Waals surface area (Å²) in [6, 6.07) is 0. The third-order valence-corrected chi connectivity index (χ3v) is 4.25. The Hall–Kier alpha value is -1.10. The van der Waals surface area contributed by atoms with Gasteiger partial charge in [-0.25, -0.2) is 0 Å². The van der Waals surface area contributed by atoms with Crippen LogP contribution in [0.25, 0.3) is 0 Å². The number of carbonyl (C=O) groups excluding carboxylic acids is 2. The molecule has 0 bridgehead atoms. The molecule has 1 unspecified atom stereocenters. The Balaban J connectivity index is 1.71. The fourth-order valence-electron chi connectivity index (χ4n) is 2.91. The first-order valence-electron chi connectivity index (χ1n) is 7.76. The van der Waals surface area contributed by atoms with Crippen molar-refractivity contribution < 1.29 is 14.3 Å². The van der Waals surface area contributed by atoms with E-state index in [-0.39, 0.29) is 11.8 Å². The van der Waals surface area contributed by atoms with Gasteiger partial charge >= 0.3 is 0 Å². The number of carbonyl (C=O) groups is 2. The summed E-state index contributed by atoms with van der Waals surface area (Å²) in [5.41, 5.74) is 0. The van der Waals surface area contributed by atoms with Crippen LogP contribution in [0.2, 0.25) is 0 Å². The van der Waals surface area contributed by atoms with Gasteiger partial charge in [0.05, 0.1) is 6.61 Å². The monoisotopic (exact) mass is 282 g/mol. The van der Waals surface area contributed by atoms with Crippen LogP contribution in [0.4, 0.5) is 0 Å². The molecule has 0 saturated carbocycles. The maximum absolute atomic E-state index is 12.1. The van der Waals surface area contributed by atoms with E-state index in [1.54, 1.807) is 4.90 Å².